The number of aliphatic hydroxyl groups excluding tert-OH is 1. The number of methoxy groups -OCH3 is 2. The van der Waals surface area contributed by atoms with Crippen molar-refractivity contribution < 1.29 is 24.3 Å². The molecule has 0 saturated heterocycles. The zero-order valence-corrected chi connectivity index (χ0v) is 15.5. The molecular formula is C19H21N3O6. The van der Waals surface area contributed by atoms with Gasteiger partial charge in [-0.1, -0.05) is 6.07 Å². The molecule has 1 atom stereocenters. The number of nitrogens with zero attached hydrogens (tertiary/aromatic N) is 2. The molecule has 1 aliphatic rings. The number of β-amino-alcohol motifs (C(OH)–C–C–N with tert-alkyl or cyclic N) is 1. The maximum Gasteiger partial charge on any atom is 0.274 e. The Morgan fingerprint density at radius 3 is 2.57 bits per heavy atom. The van der Waals surface area contributed by atoms with Crippen LogP contribution >= 0.6 is 0 Å². The number of nitro groups is 1. The van der Waals surface area contributed by atoms with Crippen molar-refractivity contribution in [2.24, 2.45) is 5.73 Å². The molecule has 0 radical (unpaired) electrons. The third-order valence-corrected chi connectivity index (χ3v) is 4.82. The van der Waals surface area contributed by atoms with Crippen LogP contribution in [0.5, 0.6) is 11.5 Å². The van der Waals surface area contributed by atoms with Gasteiger partial charge in [-0.2, -0.15) is 0 Å². The Kier molecular flexibility index (Phi) is 5.48. The largest absolute Gasteiger partial charge is 0.496 e. The van der Waals surface area contributed by atoms with Crippen LogP contribution in [-0.4, -0.2) is 41.6 Å². The van der Waals surface area contributed by atoms with E-state index in [1.54, 1.807) is 19.2 Å². The number of nitro benzene ring substituents is 1. The molecule has 9 heteroatoms. The molecule has 9 nitrogen and oxygen atoms in total. The molecule has 2 aromatic rings. The third-order valence-electron chi connectivity index (χ3n) is 4.82. The van der Waals surface area contributed by atoms with Crippen LogP contribution in [0.25, 0.3) is 0 Å². The van der Waals surface area contributed by atoms with E-state index in [1.807, 2.05) is 4.90 Å². The van der Waals surface area contributed by atoms with Crippen molar-refractivity contribution in [3.63, 3.8) is 0 Å². The molecule has 0 bridgehead atoms. The Labute approximate surface area is 161 Å². The number of carbonyl (C=O) groups is 1. The van der Waals surface area contributed by atoms with E-state index >= 15 is 0 Å². The highest BCUT2D eigenvalue weighted by Crippen LogP contribution is 2.40. The van der Waals surface area contributed by atoms with Gasteiger partial charge in [-0.05, 0) is 18.2 Å². The van der Waals surface area contributed by atoms with Gasteiger partial charge in [-0.3, -0.25) is 19.8 Å². The maximum absolute atomic E-state index is 11.4. The maximum atomic E-state index is 11.4. The molecule has 0 aromatic heterocycles. The van der Waals surface area contributed by atoms with Crippen LogP contribution in [-0.2, 0) is 13.1 Å². The van der Waals surface area contributed by atoms with E-state index in [2.05, 4.69) is 0 Å². The van der Waals surface area contributed by atoms with E-state index in [4.69, 9.17) is 15.2 Å². The van der Waals surface area contributed by atoms with Crippen LogP contribution in [0.15, 0.2) is 30.3 Å². The van der Waals surface area contributed by atoms with Crippen molar-refractivity contribution in [3.05, 3.63) is 62.7 Å². The minimum Gasteiger partial charge on any atom is -0.496 e. The summed E-state index contributed by atoms with van der Waals surface area (Å²) in [4.78, 5) is 24.1. The third kappa shape index (κ3) is 3.62. The number of nitrogens with two attached hydrogens (primary N) is 1. The fraction of sp³-hybridized carbons (Fsp3) is 0.316. The zero-order chi connectivity index (χ0) is 20.4. The molecule has 1 aliphatic heterocycles. The van der Waals surface area contributed by atoms with Crippen molar-refractivity contribution in [3.8, 4) is 11.5 Å². The fourth-order valence-corrected chi connectivity index (χ4v) is 3.53. The minimum atomic E-state index is -0.835. The summed E-state index contributed by atoms with van der Waals surface area (Å²) in [7, 11) is 3.08. The predicted molar refractivity (Wildman–Crippen MR) is 100 cm³/mol. The summed E-state index contributed by atoms with van der Waals surface area (Å²) >= 11 is 0. The lowest BCUT2D eigenvalue weighted by Gasteiger charge is -2.33. The number of fused-ring (bicyclic) bond motifs is 1. The number of hydrogen-bond donors (Lipinski definition) is 2. The Hall–Kier alpha value is -3.17. The second-order valence-corrected chi connectivity index (χ2v) is 6.51. The summed E-state index contributed by atoms with van der Waals surface area (Å²) in [5.74, 6) is 0.451. The monoisotopic (exact) mass is 387 g/mol. The number of rotatable bonds is 6. The van der Waals surface area contributed by atoms with Gasteiger partial charge in [-0.15, -0.1) is 0 Å². The van der Waals surface area contributed by atoms with Gasteiger partial charge in [0.05, 0.1) is 25.2 Å². The summed E-state index contributed by atoms with van der Waals surface area (Å²) in [6.45, 7) is 0.902. The molecule has 0 spiro atoms. The van der Waals surface area contributed by atoms with E-state index in [0.29, 0.717) is 29.2 Å². The lowest BCUT2D eigenvalue weighted by Crippen LogP contribution is -2.34. The summed E-state index contributed by atoms with van der Waals surface area (Å²) in [5.41, 5.74) is 6.97. The molecule has 0 saturated carbocycles. The summed E-state index contributed by atoms with van der Waals surface area (Å²) < 4.78 is 10.8. The average molecular weight is 387 g/mol. The number of aliphatic hydroxyl groups is 1. The second-order valence-electron chi connectivity index (χ2n) is 6.51. The van der Waals surface area contributed by atoms with E-state index in [9.17, 15) is 20.0 Å². The van der Waals surface area contributed by atoms with Gasteiger partial charge in [0.15, 0.2) is 0 Å². The second kappa shape index (κ2) is 7.83. The van der Waals surface area contributed by atoms with E-state index in [0.717, 1.165) is 5.56 Å². The molecule has 148 valence electrons. The van der Waals surface area contributed by atoms with Gasteiger partial charge in [0.1, 0.15) is 11.5 Å². The Bertz CT molecular complexity index is 930. The first-order valence-electron chi connectivity index (χ1n) is 8.57. The summed E-state index contributed by atoms with van der Waals surface area (Å²) in [6.07, 6.45) is -0.835. The molecule has 0 fully saturated rings. The highest BCUT2D eigenvalue weighted by atomic mass is 16.6. The van der Waals surface area contributed by atoms with Crippen molar-refractivity contribution >= 4 is 11.6 Å². The van der Waals surface area contributed by atoms with Crippen molar-refractivity contribution in [1.82, 2.24) is 4.90 Å². The van der Waals surface area contributed by atoms with Gasteiger partial charge >= 0.3 is 0 Å². The van der Waals surface area contributed by atoms with Gasteiger partial charge in [0.2, 0.25) is 5.91 Å². The lowest BCUT2D eigenvalue weighted by molar-refractivity contribution is -0.385. The summed E-state index contributed by atoms with van der Waals surface area (Å²) in [5, 5.41) is 22.1. The number of hydrogen-bond acceptors (Lipinski definition) is 7. The van der Waals surface area contributed by atoms with E-state index < -0.39 is 16.9 Å². The van der Waals surface area contributed by atoms with Crippen molar-refractivity contribution in [1.29, 1.82) is 0 Å². The number of amides is 1. The topological polar surface area (TPSA) is 128 Å². The van der Waals surface area contributed by atoms with Crippen LogP contribution in [0.1, 0.15) is 33.2 Å². The lowest BCUT2D eigenvalue weighted by atomic mass is 9.94. The Morgan fingerprint density at radius 1 is 1.29 bits per heavy atom. The van der Waals surface area contributed by atoms with Gasteiger partial charge in [-0.25, -0.2) is 0 Å². The van der Waals surface area contributed by atoms with Crippen LogP contribution < -0.4 is 15.2 Å². The van der Waals surface area contributed by atoms with Gasteiger partial charge in [0.25, 0.3) is 5.69 Å². The zero-order valence-electron chi connectivity index (χ0n) is 15.5. The molecule has 3 rings (SSSR count). The molecule has 0 unspecified atom stereocenters. The number of benzene rings is 2. The number of ether oxygens (including phenoxy) is 2. The first-order chi connectivity index (χ1) is 13.3. The molecule has 2 aromatic carbocycles. The smallest absolute Gasteiger partial charge is 0.274 e. The van der Waals surface area contributed by atoms with Crippen LogP contribution in [0.3, 0.4) is 0 Å². The first-order valence-corrected chi connectivity index (χ1v) is 8.57. The molecule has 0 aliphatic carbocycles. The highest BCUT2D eigenvalue weighted by molar-refractivity contribution is 5.93. The molecule has 3 N–H and O–H groups in total. The molecule has 1 amide bonds. The van der Waals surface area contributed by atoms with Crippen molar-refractivity contribution in [2.45, 2.75) is 19.2 Å². The predicted octanol–water partition coefficient (Wildman–Crippen LogP) is 1.76. The van der Waals surface area contributed by atoms with E-state index in [-0.39, 0.29) is 24.3 Å². The van der Waals surface area contributed by atoms with E-state index in [1.165, 1.54) is 25.3 Å². The summed E-state index contributed by atoms with van der Waals surface area (Å²) in [6, 6.07) is 7.66. The molecule has 28 heavy (non-hydrogen) atoms. The van der Waals surface area contributed by atoms with Gasteiger partial charge < -0.3 is 20.3 Å². The minimum absolute atomic E-state index is 0.0749. The standard InChI is InChI=1S/C19H21N3O6/c1-27-16-5-6-17(28-2)18-13(16)9-21(10-15(18)23)8-12-4-3-11(19(20)24)7-14(12)22(25)26/h3-7,15,23H,8-10H2,1-2H3,(H2,20,24)/t15-/m0/s1. The average Bonchev–Trinajstić information content (AvgIpc) is 2.67. The number of primary amides is 1. The van der Waals surface area contributed by atoms with Crippen LogP contribution in [0.4, 0.5) is 5.69 Å². The highest BCUT2D eigenvalue weighted by Gasteiger charge is 2.30. The quantitative estimate of drug-likeness (QED) is 0.571. The van der Waals surface area contributed by atoms with Crippen molar-refractivity contribution in [2.75, 3.05) is 20.8 Å². The molecular weight excluding hydrogens is 366 g/mol. The molecule has 1 heterocycles. The Balaban J connectivity index is 1.94. The Morgan fingerprint density at radius 2 is 1.96 bits per heavy atom. The normalized spacial score (nSPS) is 16.3. The van der Waals surface area contributed by atoms with Crippen LogP contribution in [0, 0.1) is 10.1 Å². The number of carbonyl (C=O) groups excluding carboxylic acids is 1. The SMILES string of the molecule is COc1ccc(OC)c2c1CN(Cc1ccc(C(N)=O)cc1[N+](=O)[O-])C[C@@H]2O. The van der Waals surface area contributed by atoms with Crippen LogP contribution in [0.2, 0.25) is 0 Å². The fourth-order valence-electron chi connectivity index (χ4n) is 3.53. The first kappa shape index (κ1) is 19.6. The van der Waals surface area contributed by atoms with Gasteiger partial charge in [0, 0.05) is 48.0 Å².